The normalized spacial score (nSPS) is 12.8. The van der Waals surface area contributed by atoms with E-state index in [1.807, 2.05) is 0 Å². The first-order chi connectivity index (χ1) is 37.5. The van der Waals surface area contributed by atoms with Crippen LogP contribution in [0.15, 0.2) is 109 Å². The molecule has 76 heavy (non-hydrogen) atoms. The third kappa shape index (κ3) is 60.9. The van der Waals surface area contributed by atoms with E-state index in [2.05, 4.69) is 130 Å². The molecule has 434 valence electrons. The fourth-order valence-corrected chi connectivity index (χ4v) is 8.81. The maximum atomic E-state index is 12.9. The van der Waals surface area contributed by atoms with Crippen molar-refractivity contribution in [2.45, 2.75) is 303 Å². The van der Waals surface area contributed by atoms with Crippen LogP contribution in [0, 0.1) is 0 Å². The predicted octanol–water partition coefficient (Wildman–Crippen LogP) is 21.8. The molecule has 0 radical (unpaired) electrons. The molecule has 1 atom stereocenters. The van der Waals surface area contributed by atoms with Gasteiger partial charge in [0.15, 0.2) is 6.10 Å². The van der Waals surface area contributed by atoms with Crippen molar-refractivity contribution in [3.8, 4) is 0 Å². The van der Waals surface area contributed by atoms with Gasteiger partial charge in [-0.25, -0.2) is 0 Å². The monoisotopic (exact) mass is 1050 g/mol. The van der Waals surface area contributed by atoms with Gasteiger partial charge in [-0.3, -0.25) is 14.4 Å². The Labute approximate surface area is 470 Å². The summed E-state index contributed by atoms with van der Waals surface area (Å²) in [5, 5.41) is 0. The molecule has 0 N–H and O–H groups in total. The molecule has 0 saturated heterocycles. The number of unbranched alkanes of at least 4 members (excludes halogenated alkanes) is 28. The van der Waals surface area contributed by atoms with Crippen LogP contribution in [0.3, 0.4) is 0 Å². The van der Waals surface area contributed by atoms with E-state index in [9.17, 15) is 14.4 Å². The number of carbonyl (C=O) groups is 3. The first kappa shape index (κ1) is 72.1. The molecule has 6 heteroatoms. The smallest absolute Gasteiger partial charge is 0.306 e. The summed E-state index contributed by atoms with van der Waals surface area (Å²) >= 11 is 0. The molecular weight excluding hydrogens is 937 g/mol. The lowest BCUT2D eigenvalue weighted by Gasteiger charge is -2.18. The number of rotatable bonds is 57. The molecular formula is C70H118O6. The Kier molecular flexibility index (Phi) is 60.3. The SMILES string of the molecule is CC/C=C\C/C=C\C/C=C\C/C=C\C/C=C\C/C=C\CCCCCCC(=O)OCC(COC(=O)CCCCC/C=C\C/C=C\C/C=C\CC)OC(=O)CCCCCCCCCCCCCCCCCCCCCCCC. The van der Waals surface area contributed by atoms with Crippen LogP contribution in [0.1, 0.15) is 297 Å². The van der Waals surface area contributed by atoms with Gasteiger partial charge in [0.1, 0.15) is 13.2 Å². The zero-order chi connectivity index (χ0) is 55.0. The Hall–Kier alpha value is -3.93. The molecule has 0 aromatic heterocycles. The highest BCUT2D eigenvalue weighted by Gasteiger charge is 2.19. The number of hydrogen-bond acceptors (Lipinski definition) is 6. The minimum Gasteiger partial charge on any atom is -0.462 e. The van der Waals surface area contributed by atoms with Crippen molar-refractivity contribution in [2.75, 3.05) is 13.2 Å². The zero-order valence-corrected chi connectivity index (χ0v) is 49.7. The highest BCUT2D eigenvalue weighted by molar-refractivity contribution is 5.71. The van der Waals surface area contributed by atoms with Crippen LogP contribution < -0.4 is 0 Å². The van der Waals surface area contributed by atoms with E-state index in [1.165, 1.54) is 122 Å². The van der Waals surface area contributed by atoms with Crippen molar-refractivity contribution < 1.29 is 28.6 Å². The second kappa shape index (κ2) is 63.6. The van der Waals surface area contributed by atoms with E-state index in [0.717, 1.165) is 135 Å². The standard InChI is InChI=1S/C70H118O6/c1-4-7-10-13-16-19-22-25-27-29-31-33-35-37-38-40-42-45-48-51-54-57-60-63-69(72)75-66-67(65-74-68(71)62-59-56-53-50-47-44-24-21-18-15-12-9-6-3)76-70(73)64-61-58-55-52-49-46-43-41-39-36-34-32-30-28-26-23-20-17-14-11-8-5-2/h7,9-10,12,16,18-19,21,25,27,31,33,37-38,42,44-45,47,67H,4-6,8,11,13-15,17,20,22-24,26,28-30,32,34-36,39-41,43,46,48-66H2,1-3H3/b10-7-,12-9-,19-16-,21-18-,27-25-,33-31-,38-37-,45-42-,47-44-. The van der Waals surface area contributed by atoms with Crippen LogP contribution in [-0.2, 0) is 28.6 Å². The van der Waals surface area contributed by atoms with Crippen LogP contribution in [0.2, 0.25) is 0 Å². The van der Waals surface area contributed by atoms with Crippen LogP contribution in [0.4, 0.5) is 0 Å². The summed E-state index contributed by atoms with van der Waals surface area (Å²) in [7, 11) is 0. The molecule has 1 unspecified atom stereocenters. The Bertz CT molecular complexity index is 1540. The third-order valence-electron chi connectivity index (χ3n) is 13.5. The van der Waals surface area contributed by atoms with Gasteiger partial charge in [0.2, 0.25) is 0 Å². The van der Waals surface area contributed by atoms with Crippen molar-refractivity contribution in [2.24, 2.45) is 0 Å². The van der Waals surface area contributed by atoms with Crippen LogP contribution >= 0.6 is 0 Å². The molecule has 0 aromatic carbocycles. The Morgan fingerprint density at radius 3 is 0.816 bits per heavy atom. The van der Waals surface area contributed by atoms with Gasteiger partial charge in [-0.2, -0.15) is 0 Å². The van der Waals surface area contributed by atoms with E-state index in [0.29, 0.717) is 19.3 Å². The quantitative estimate of drug-likeness (QED) is 0.0261. The lowest BCUT2D eigenvalue weighted by atomic mass is 10.0. The van der Waals surface area contributed by atoms with E-state index >= 15 is 0 Å². The molecule has 0 heterocycles. The van der Waals surface area contributed by atoms with E-state index < -0.39 is 6.10 Å². The third-order valence-corrected chi connectivity index (χ3v) is 13.5. The summed E-state index contributed by atoms with van der Waals surface area (Å²) in [6.07, 6.45) is 86.7. The summed E-state index contributed by atoms with van der Waals surface area (Å²) in [4.78, 5) is 38.3. The van der Waals surface area contributed by atoms with Gasteiger partial charge in [-0.15, -0.1) is 0 Å². The van der Waals surface area contributed by atoms with Gasteiger partial charge in [-0.1, -0.05) is 284 Å². The van der Waals surface area contributed by atoms with Gasteiger partial charge in [0, 0.05) is 19.3 Å². The first-order valence-corrected chi connectivity index (χ1v) is 31.9. The fraction of sp³-hybridized carbons (Fsp3) is 0.700. The molecule has 0 aromatic rings. The zero-order valence-electron chi connectivity index (χ0n) is 49.7. The van der Waals surface area contributed by atoms with E-state index in [-0.39, 0.29) is 31.1 Å². The molecule has 0 spiro atoms. The fourth-order valence-electron chi connectivity index (χ4n) is 8.81. The Balaban J connectivity index is 4.39. The molecule has 0 fully saturated rings. The maximum Gasteiger partial charge on any atom is 0.306 e. The topological polar surface area (TPSA) is 78.9 Å². The summed E-state index contributed by atoms with van der Waals surface area (Å²) in [6.45, 7) is 6.39. The maximum absolute atomic E-state index is 12.9. The number of allylic oxidation sites excluding steroid dienone is 18. The number of ether oxygens (including phenoxy) is 3. The van der Waals surface area contributed by atoms with Crippen molar-refractivity contribution in [3.05, 3.63) is 109 Å². The molecule has 0 aliphatic rings. The minimum absolute atomic E-state index is 0.100. The lowest BCUT2D eigenvalue weighted by molar-refractivity contribution is -0.167. The van der Waals surface area contributed by atoms with Crippen LogP contribution in [-0.4, -0.2) is 37.2 Å². The molecule has 0 amide bonds. The van der Waals surface area contributed by atoms with E-state index in [4.69, 9.17) is 14.2 Å². The predicted molar refractivity (Wildman–Crippen MR) is 330 cm³/mol. The van der Waals surface area contributed by atoms with Crippen molar-refractivity contribution in [3.63, 3.8) is 0 Å². The Morgan fingerprint density at radius 1 is 0.276 bits per heavy atom. The lowest BCUT2D eigenvalue weighted by Crippen LogP contribution is -2.30. The average Bonchev–Trinajstić information content (AvgIpc) is 3.42. The van der Waals surface area contributed by atoms with Gasteiger partial charge >= 0.3 is 17.9 Å². The number of hydrogen-bond donors (Lipinski definition) is 0. The number of esters is 3. The van der Waals surface area contributed by atoms with Gasteiger partial charge in [-0.05, 0) is 103 Å². The highest BCUT2D eigenvalue weighted by atomic mass is 16.6. The van der Waals surface area contributed by atoms with E-state index in [1.54, 1.807) is 0 Å². The summed E-state index contributed by atoms with van der Waals surface area (Å²) in [5.74, 6) is -0.944. The molecule has 0 saturated carbocycles. The second-order valence-electron chi connectivity index (χ2n) is 20.9. The van der Waals surface area contributed by atoms with Crippen LogP contribution in [0.5, 0.6) is 0 Å². The van der Waals surface area contributed by atoms with Gasteiger partial charge < -0.3 is 14.2 Å². The van der Waals surface area contributed by atoms with Crippen molar-refractivity contribution in [1.29, 1.82) is 0 Å². The first-order valence-electron chi connectivity index (χ1n) is 31.9. The van der Waals surface area contributed by atoms with Crippen LogP contribution in [0.25, 0.3) is 0 Å². The summed E-state index contributed by atoms with van der Waals surface area (Å²) < 4.78 is 16.9. The average molecular weight is 1060 g/mol. The molecule has 0 aliphatic heterocycles. The minimum atomic E-state index is -0.802. The molecule has 6 nitrogen and oxygen atoms in total. The second-order valence-corrected chi connectivity index (χ2v) is 20.9. The molecule has 0 bridgehead atoms. The van der Waals surface area contributed by atoms with Crippen molar-refractivity contribution in [1.82, 2.24) is 0 Å². The largest absolute Gasteiger partial charge is 0.462 e. The summed E-state index contributed by atoms with van der Waals surface area (Å²) in [5.41, 5.74) is 0. The highest BCUT2D eigenvalue weighted by Crippen LogP contribution is 2.17. The molecule has 0 rings (SSSR count). The van der Waals surface area contributed by atoms with Gasteiger partial charge in [0.05, 0.1) is 0 Å². The number of carbonyl (C=O) groups excluding carboxylic acids is 3. The Morgan fingerprint density at radius 2 is 0.513 bits per heavy atom. The van der Waals surface area contributed by atoms with Crippen molar-refractivity contribution >= 4 is 17.9 Å². The summed E-state index contributed by atoms with van der Waals surface area (Å²) in [6, 6.07) is 0. The molecule has 0 aliphatic carbocycles. The van der Waals surface area contributed by atoms with Gasteiger partial charge in [0.25, 0.3) is 0 Å².